The predicted molar refractivity (Wildman–Crippen MR) is 70.2 cm³/mol. The van der Waals surface area contributed by atoms with Crippen molar-refractivity contribution in [1.82, 2.24) is 4.90 Å². The third-order valence-corrected chi connectivity index (χ3v) is 3.70. The molecule has 0 spiro atoms. The lowest BCUT2D eigenvalue weighted by Gasteiger charge is -2.22. The quantitative estimate of drug-likeness (QED) is 0.863. The van der Waals surface area contributed by atoms with Gasteiger partial charge < -0.3 is 10.5 Å². The fraction of sp³-hybridized carbons (Fsp3) is 0.500. The molecule has 2 N–H and O–H groups in total. The molecule has 2 rings (SSSR count). The summed E-state index contributed by atoms with van der Waals surface area (Å²) in [7, 11) is 1.48. The summed E-state index contributed by atoms with van der Waals surface area (Å²) in [6.07, 6.45) is -4.49. The molecule has 22 heavy (non-hydrogen) atoms. The van der Waals surface area contributed by atoms with Crippen molar-refractivity contribution in [1.29, 1.82) is 0 Å². The van der Waals surface area contributed by atoms with E-state index in [0.29, 0.717) is 19.0 Å². The standard InChI is InChI=1S/C14H16F4N2O2/c1-22-11-5-12(13(19)21)20(7-11)6-8-2-9(14(16,17)18)4-10(15)3-8/h2-4,11-12H,5-7H2,1H3,(H2,19,21)/t11-,12-/m0/s1. The molecule has 1 amide bonds. The van der Waals surface area contributed by atoms with Crippen molar-refractivity contribution in [2.75, 3.05) is 13.7 Å². The fourth-order valence-electron chi connectivity index (χ4n) is 2.64. The molecule has 4 nitrogen and oxygen atoms in total. The minimum Gasteiger partial charge on any atom is -0.380 e. The molecule has 0 bridgehead atoms. The number of hydrogen-bond donors (Lipinski definition) is 1. The van der Waals surface area contributed by atoms with Crippen LogP contribution in [-0.4, -0.2) is 36.6 Å². The maximum atomic E-state index is 13.4. The van der Waals surface area contributed by atoms with Gasteiger partial charge in [-0.15, -0.1) is 0 Å². The van der Waals surface area contributed by atoms with E-state index in [9.17, 15) is 22.4 Å². The maximum absolute atomic E-state index is 13.4. The zero-order valence-electron chi connectivity index (χ0n) is 11.9. The van der Waals surface area contributed by atoms with E-state index < -0.39 is 29.5 Å². The molecule has 1 aromatic rings. The molecule has 1 aliphatic heterocycles. The number of primary amides is 1. The molecule has 0 aliphatic carbocycles. The summed E-state index contributed by atoms with van der Waals surface area (Å²) in [5.74, 6) is -1.55. The van der Waals surface area contributed by atoms with Crippen LogP contribution in [0.4, 0.5) is 17.6 Å². The Morgan fingerprint density at radius 3 is 2.64 bits per heavy atom. The highest BCUT2D eigenvalue weighted by atomic mass is 19.4. The third kappa shape index (κ3) is 3.75. The number of halogens is 4. The van der Waals surface area contributed by atoms with E-state index in [4.69, 9.17) is 10.5 Å². The van der Waals surface area contributed by atoms with Crippen LogP contribution in [-0.2, 0) is 22.3 Å². The number of nitrogens with two attached hydrogens (primary N) is 1. The fourth-order valence-corrected chi connectivity index (χ4v) is 2.64. The number of alkyl halides is 3. The van der Waals surface area contributed by atoms with Gasteiger partial charge in [0.25, 0.3) is 0 Å². The van der Waals surface area contributed by atoms with Crippen molar-refractivity contribution in [3.8, 4) is 0 Å². The molecule has 1 aromatic carbocycles. The highest BCUT2D eigenvalue weighted by Crippen LogP contribution is 2.31. The molecule has 0 radical (unpaired) electrons. The first-order valence-electron chi connectivity index (χ1n) is 6.63. The predicted octanol–water partition coefficient (Wildman–Crippen LogP) is 1.92. The minimum absolute atomic E-state index is 0.00565. The number of likely N-dealkylation sites (tertiary alicyclic amines) is 1. The number of methoxy groups -OCH3 is 1. The van der Waals surface area contributed by atoms with E-state index in [1.807, 2.05) is 0 Å². The Morgan fingerprint density at radius 1 is 1.41 bits per heavy atom. The molecule has 2 atom stereocenters. The van der Waals surface area contributed by atoms with Crippen LogP contribution in [0.3, 0.4) is 0 Å². The molecule has 0 unspecified atom stereocenters. The molecule has 122 valence electrons. The summed E-state index contributed by atoms with van der Waals surface area (Å²) in [5.41, 5.74) is 4.38. The molecule has 1 heterocycles. The van der Waals surface area contributed by atoms with E-state index >= 15 is 0 Å². The van der Waals surface area contributed by atoms with Crippen LogP contribution in [0.15, 0.2) is 18.2 Å². The van der Waals surface area contributed by atoms with Crippen LogP contribution in [0.25, 0.3) is 0 Å². The monoisotopic (exact) mass is 320 g/mol. The van der Waals surface area contributed by atoms with Gasteiger partial charge in [0.1, 0.15) is 5.82 Å². The lowest BCUT2D eigenvalue weighted by atomic mass is 10.1. The Hall–Kier alpha value is -1.67. The summed E-state index contributed by atoms with van der Waals surface area (Å²) in [6, 6.07) is 1.70. The number of carbonyl (C=O) groups is 1. The largest absolute Gasteiger partial charge is 0.416 e. The first-order chi connectivity index (χ1) is 10.2. The van der Waals surface area contributed by atoms with Gasteiger partial charge in [-0.1, -0.05) is 0 Å². The highest BCUT2D eigenvalue weighted by Gasteiger charge is 2.36. The van der Waals surface area contributed by atoms with Crippen molar-refractivity contribution < 1.29 is 27.1 Å². The summed E-state index contributed by atoms with van der Waals surface area (Å²) < 4.78 is 56.7. The van der Waals surface area contributed by atoms with E-state index in [1.165, 1.54) is 7.11 Å². The molecule has 0 saturated carbocycles. The van der Waals surface area contributed by atoms with E-state index in [-0.39, 0.29) is 18.2 Å². The lowest BCUT2D eigenvalue weighted by molar-refractivity contribution is -0.137. The Bertz CT molecular complexity index is 562. The topological polar surface area (TPSA) is 55.6 Å². The first-order valence-corrected chi connectivity index (χ1v) is 6.63. The second-order valence-electron chi connectivity index (χ2n) is 5.29. The molecular formula is C14H16F4N2O2. The number of benzene rings is 1. The molecule has 8 heteroatoms. The van der Waals surface area contributed by atoms with Crippen LogP contribution in [0.1, 0.15) is 17.5 Å². The van der Waals surface area contributed by atoms with Crippen molar-refractivity contribution >= 4 is 5.91 Å². The summed E-state index contributed by atoms with van der Waals surface area (Å²) in [5, 5.41) is 0. The van der Waals surface area contributed by atoms with Crippen molar-refractivity contribution in [3.63, 3.8) is 0 Å². The van der Waals surface area contributed by atoms with E-state index in [2.05, 4.69) is 0 Å². The summed E-state index contributed by atoms with van der Waals surface area (Å²) >= 11 is 0. The minimum atomic E-state index is -4.62. The number of nitrogens with zero attached hydrogens (tertiary/aromatic N) is 1. The SMILES string of the molecule is CO[C@H]1C[C@@H](C(N)=O)N(Cc2cc(F)cc(C(F)(F)F)c2)C1. The zero-order valence-corrected chi connectivity index (χ0v) is 11.9. The average molecular weight is 320 g/mol. The molecule has 1 fully saturated rings. The van der Waals surface area contributed by atoms with Gasteiger partial charge in [-0.25, -0.2) is 4.39 Å². The van der Waals surface area contributed by atoms with Gasteiger partial charge in [-0.3, -0.25) is 9.69 Å². The Morgan fingerprint density at radius 2 is 2.09 bits per heavy atom. The van der Waals surface area contributed by atoms with Crippen LogP contribution in [0, 0.1) is 5.82 Å². The highest BCUT2D eigenvalue weighted by molar-refractivity contribution is 5.80. The van der Waals surface area contributed by atoms with Gasteiger partial charge in [0.2, 0.25) is 5.91 Å². The van der Waals surface area contributed by atoms with Gasteiger partial charge in [0.15, 0.2) is 0 Å². The van der Waals surface area contributed by atoms with Crippen LogP contribution >= 0.6 is 0 Å². The molecule has 0 aromatic heterocycles. The van der Waals surface area contributed by atoms with Gasteiger partial charge in [0.05, 0.1) is 17.7 Å². The van der Waals surface area contributed by atoms with Gasteiger partial charge in [0, 0.05) is 20.2 Å². The summed E-state index contributed by atoms with van der Waals surface area (Å²) in [4.78, 5) is 13.0. The molecule has 1 saturated heterocycles. The Kier molecular flexibility index (Phi) is 4.72. The van der Waals surface area contributed by atoms with E-state index in [0.717, 1.165) is 12.1 Å². The second-order valence-corrected chi connectivity index (χ2v) is 5.29. The van der Waals surface area contributed by atoms with Crippen LogP contribution < -0.4 is 5.73 Å². The normalized spacial score (nSPS) is 23.0. The third-order valence-electron chi connectivity index (χ3n) is 3.70. The van der Waals surface area contributed by atoms with Crippen LogP contribution in [0.2, 0.25) is 0 Å². The lowest BCUT2D eigenvalue weighted by Crippen LogP contribution is -2.39. The van der Waals surface area contributed by atoms with Crippen LogP contribution in [0.5, 0.6) is 0 Å². The molecule has 1 aliphatic rings. The number of ether oxygens (including phenoxy) is 1. The molecular weight excluding hydrogens is 304 g/mol. The number of amides is 1. The van der Waals surface area contributed by atoms with Gasteiger partial charge >= 0.3 is 6.18 Å². The van der Waals surface area contributed by atoms with Crippen molar-refractivity contribution in [2.24, 2.45) is 5.73 Å². The second kappa shape index (κ2) is 6.21. The Balaban J connectivity index is 2.22. The first kappa shape index (κ1) is 16.7. The number of carbonyl (C=O) groups excluding carboxylic acids is 1. The Labute approximate surface area is 124 Å². The zero-order chi connectivity index (χ0) is 16.5. The van der Waals surface area contributed by atoms with Crippen molar-refractivity contribution in [3.05, 3.63) is 35.1 Å². The van der Waals surface area contributed by atoms with Gasteiger partial charge in [-0.05, 0) is 30.2 Å². The maximum Gasteiger partial charge on any atom is 0.416 e. The van der Waals surface area contributed by atoms with E-state index in [1.54, 1.807) is 4.90 Å². The van der Waals surface area contributed by atoms with Gasteiger partial charge in [-0.2, -0.15) is 13.2 Å². The average Bonchev–Trinajstić information content (AvgIpc) is 2.80. The summed E-state index contributed by atoms with van der Waals surface area (Å²) in [6.45, 7) is 0.344. The number of hydrogen-bond acceptors (Lipinski definition) is 3. The smallest absolute Gasteiger partial charge is 0.380 e. The number of rotatable bonds is 4. The van der Waals surface area contributed by atoms with Crippen molar-refractivity contribution in [2.45, 2.75) is 31.3 Å².